The number of halogens is 1. The van der Waals surface area contributed by atoms with Crippen LogP contribution in [0.15, 0.2) is 18.2 Å². The molecule has 110 valence electrons. The van der Waals surface area contributed by atoms with Crippen LogP contribution < -0.4 is 15.8 Å². The van der Waals surface area contributed by atoms with Crippen molar-refractivity contribution in [1.29, 1.82) is 0 Å². The van der Waals surface area contributed by atoms with Gasteiger partial charge in [-0.2, -0.15) is 0 Å². The highest BCUT2D eigenvalue weighted by molar-refractivity contribution is 5.78. The van der Waals surface area contributed by atoms with Crippen LogP contribution in [0.2, 0.25) is 0 Å². The third-order valence-corrected chi connectivity index (χ3v) is 3.27. The quantitative estimate of drug-likeness (QED) is 0.800. The molecule has 0 saturated heterocycles. The molecule has 1 aliphatic carbocycles. The molecule has 1 amide bonds. The van der Waals surface area contributed by atoms with Crippen molar-refractivity contribution in [3.05, 3.63) is 29.6 Å². The number of benzene rings is 1. The molecule has 0 aromatic heterocycles. The van der Waals surface area contributed by atoms with Gasteiger partial charge in [-0.1, -0.05) is 6.92 Å². The molecular formula is C15H21FN2O2. The SMILES string of the molecule is CCC(N)Cc1cc(F)cc(OCC(=O)NC2CC2)c1. The molecule has 2 rings (SSSR count). The third-order valence-electron chi connectivity index (χ3n) is 3.27. The molecule has 0 aliphatic heterocycles. The van der Waals surface area contributed by atoms with E-state index in [9.17, 15) is 9.18 Å². The summed E-state index contributed by atoms with van der Waals surface area (Å²) in [5, 5.41) is 2.82. The molecule has 0 heterocycles. The van der Waals surface area contributed by atoms with Gasteiger partial charge in [0.05, 0.1) is 0 Å². The number of hydrogen-bond donors (Lipinski definition) is 2. The first-order valence-corrected chi connectivity index (χ1v) is 7.04. The number of nitrogens with two attached hydrogens (primary N) is 1. The van der Waals surface area contributed by atoms with Crippen LogP contribution >= 0.6 is 0 Å². The number of amides is 1. The Hall–Kier alpha value is -1.62. The van der Waals surface area contributed by atoms with Crippen molar-refractivity contribution in [3.63, 3.8) is 0 Å². The summed E-state index contributed by atoms with van der Waals surface area (Å²) in [4.78, 5) is 11.5. The Morgan fingerprint density at radius 1 is 1.50 bits per heavy atom. The molecule has 4 nitrogen and oxygen atoms in total. The minimum Gasteiger partial charge on any atom is -0.484 e. The number of carbonyl (C=O) groups is 1. The summed E-state index contributed by atoms with van der Waals surface area (Å²) in [5.74, 6) is -0.166. The van der Waals surface area contributed by atoms with E-state index in [0.717, 1.165) is 24.8 Å². The molecule has 1 aromatic rings. The number of ether oxygens (including phenoxy) is 1. The van der Waals surface area contributed by atoms with Gasteiger partial charge in [0.2, 0.25) is 0 Å². The van der Waals surface area contributed by atoms with Crippen LogP contribution in [0.5, 0.6) is 5.75 Å². The smallest absolute Gasteiger partial charge is 0.258 e. The molecule has 0 radical (unpaired) electrons. The lowest BCUT2D eigenvalue weighted by Gasteiger charge is -2.11. The number of carbonyl (C=O) groups excluding carboxylic acids is 1. The Labute approximate surface area is 118 Å². The fourth-order valence-electron chi connectivity index (χ4n) is 1.91. The molecular weight excluding hydrogens is 259 g/mol. The number of nitrogens with one attached hydrogen (secondary N) is 1. The summed E-state index contributed by atoms with van der Waals surface area (Å²) in [7, 11) is 0. The van der Waals surface area contributed by atoms with Gasteiger partial charge in [-0.15, -0.1) is 0 Å². The van der Waals surface area contributed by atoms with E-state index in [1.807, 2.05) is 6.92 Å². The van der Waals surface area contributed by atoms with Gasteiger partial charge in [0.15, 0.2) is 6.61 Å². The van der Waals surface area contributed by atoms with Crippen molar-refractivity contribution < 1.29 is 13.9 Å². The maximum absolute atomic E-state index is 13.5. The maximum Gasteiger partial charge on any atom is 0.258 e. The lowest BCUT2D eigenvalue weighted by molar-refractivity contribution is -0.123. The second-order valence-corrected chi connectivity index (χ2v) is 5.30. The summed E-state index contributed by atoms with van der Waals surface area (Å²) in [6.45, 7) is 1.91. The molecule has 1 aliphatic rings. The van der Waals surface area contributed by atoms with E-state index >= 15 is 0 Å². The van der Waals surface area contributed by atoms with Gasteiger partial charge < -0.3 is 15.8 Å². The van der Waals surface area contributed by atoms with E-state index in [2.05, 4.69) is 5.32 Å². The van der Waals surface area contributed by atoms with Crippen LogP contribution in [-0.2, 0) is 11.2 Å². The average molecular weight is 280 g/mol. The van der Waals surface area contributed by atoms with Crippen LogP contribution in [-0.4, -0.2) is 24.6 Å². The summed E-state index contributed by atoms with van der Waals surface area (Å²) in [5.41, 5.74) is 6.65. The molecule has 3 N–H and O–H groups in total. The Morgan fingerprint density at radius 2 is 2.25 bits per heavy atom. The average Bonchev–Trinajstić information content (AvgIpc) is 3.19. The minimum atomic E-state index is -0.372. The van der Waals surface area contributed by atoms with Crippen LogP contribution in [0, 0.1) is 5.82 Å². The Bertz CT molecular complexity index is 475. The largest absolute Gasteiger partial charge is 0.484 e. The standard InChI is InChI=1S/C15H21FN2O2/c1-2-12(17)6-10-5-11(16)8-14(7-10)20-9-15(19)18-13-3-4-13/h5,7-8,12-13H,2-4,6,9,17H2,1H3,(H,18,19). The van der Waals surface area contributed by atoms with Gasteiger partial charge in [-0.25, -0.2) is 4.39 Å². The second kappa shape index (κ2) is 6.70. The minimum absolute atomic E-state index is 0.00261. The van der Waals surface area contributed by atoms with E-state index in [1.165, 1.54) is 12.1 Å². The van der Waals surface area contributed by atoms with Gasteiger partial charge >= 0.3 is 0 Å². The van der Waals surface area contributed by atoms with Crippen molar-refractivity contribution in [2.75, 3.05) is 6.61 Å². The Kier molecular flexibility index (Phi) is 4.95. The topological polar surface area (TPSA) is 64.3 Å². The second-order valence-electron chi connectivity index (χ2n) is 5.30. The van der Waals surface area contributed by atoms with Crippen molar-refractivity contribution in [2.24, 2.45) is 5.73 Å². The molecule has 0 spiro atoms. The highest BCUT2D eigenvalue weighted by Gasteiger charge is 2.23. The van der Waals surface area contributed by atoms with Gasteiger partial charge in [0.1, 0.15) is 11.6 Å². The van der Waals surface area contributed by atoms with Crippen molar-refractivity contribution in [3.8, 4) is 5.75 Å². The van der Waals surface area contributed by atoms with E-state index < -0.39 is 0 Å². The lowest BCUT2D eigenvalue weighted by atomic mass is 10.0. The molecule has 0 bridgehead atoms. The molecule has 1 unspecified atom stereocenters. The molecule has 20 heavy (non-hydrogen) atoms. The van der Waals surface area contributed by atoms with Crippen LogP contribution in [0.4, 0.5) is 4.39 Å². The fourth-order valence-corrected chi connectivity index (χ4v) is 1.91. The third kappa shape index (κ3) is 4.81. The normalized spacial score (nSPS) is 15.8. The first-order valence-electron chi connectivity index (χ1n) is 7.04. The van der Waals surface area contributed by atoms with Crippen molar-refractivity contribution in [2.45, 2.75) is 44.7 Å². The fraction of sp³-hybridized carbons (Fsp3) is 0.533. The van der Waals surface area contributed by atoms with Gasteiger partial charge in [0, 0.05) is 18.2 Å². The van der Waals surface area contributed by atoms with Gasteiger partial charge in [-0.3, -0.25) is 4.79 Å². The zero-order valence-electron chi connectivity index (χ0n) is 11.7. The first kappa shape index (κ1) is 14.8. The molecule has 1 saturated carbocycles. The summed E-state index contributed by atoms with van der Waals surface area (Å²) < 4.78 is 18.8. The number of rotatable bonds is 7. The lowest BCUT2D eigenvalue weighted by Crippen LogP contribution is -2.30. The van der Waals surface area contributed by atoms with Crippen LogP contribution in [0.1, 0.15) is 31.7 Å². The summed E-state index contributed by atoms with van der Waals surface area (Å²) >= 11 is 0. The summed E-state index contributed by atoms with van der Waals surface area (Å²) in [6.07, 6.45) is 3.49. The maximum atomic E-state index is 13.5. The van der Waals surface area contributed by atoms with E-state index in [0.29, 0.717) is 18.2 Å². The van der Waals surface area contributed by atoms with E-state index in [4.69, 9.17) is 10.5 Å². The van der Waals surface area contributed by atoms with E-state index in [1.54, 1.807) is 6.07 Å². The molecule has 1 fully saturated rings. The highest BCUT2D eigenvalue weighted by atomic mass is 19.1. The van der Waals surface area contributed by atoms with Gasteiger partial charge in [0.25, 0.3) is 5.91 Å². The van der Waals surface area contributed by atoms with Gasteiger partial charge in [-0.05, 0) is 43.4 Å². The highest BCUT2D eigenvalue weighted by Crippen LogP contribution is 2.19. The number of hydrogen-bond acceptors (Lipinski definition) is 3. The van der Waals surface area contributed by atoms with Crippen LogP contribution in [0.3, 0.4) is 0 Å². The Morgan fingerprint density at radius 3 is 2.90 bits per heavy atom. The Balaban J connectivity index is 1.90. The van der Waals surface area contributed by atoms with Crippen LogP contribution in [0.25, 0.3) is 0 Å². The first-order chi connectivity index (χ1) is 9.56. The zero-order valence-corrected chi connectivity index (χ0v) is 11.7. The van der Waals surface area contributed by atoms with E-state index in [-0.39, 0.29) is 24.4 Å². The zero-order chi connectivity index (χ0) is 14.5. The monoisotopic (exact) mass is 280 g/mol. The predicted molar refractivity (Wildman–Crippen MR) is 75.0 cm³/mol. The summed E-state index contributed by atoms with van der Waals surface area (Å²) in [6, 6.07) is 4.78. The molecule has 1 atom stereocenters. The molecule has 1 aromatic carbocycles. The molecule has 5 heteroatoms. The predicted octanol–water partition coefficient (Wildman–Crippen LogP) is 1.76. The van der Waals surface area contributed by atoms with Crippen molar-refractivity contribution >= 4 is 5.91 Å². The van der Waals surface area contributed by atoms with Crippen molar-refractivity contribution in [1.82, 2.24) is 5.32 Å².